The van der Waals surface area contributed by atoms with Crippen molar-refractivity contribution in [3.63, 3.8) is 0 Å². The van der Waals surface area contributed by atoms with E-state index < -0.39 is 6.04 Å². The molecule has 0 aromatic heterocycles. The third-order valence-electron chi connectivity index (χ3n) is 3.49. The van der Waals surface area contributed by atoms with E-state index in [-0.39, 0.29) is 11.8 Å². The molecule has 0 fully saturated rings. The summed E-state index contributed by atoms with van der Waals surface area (Å²) in [5, 5.41) is 3.44. The topological polar surface area (TPSA) is 49.4 Å². The van der Waals surface area contributed by atoms with Crippen LogP contribution >= 0.6 is 11.6 Å². The van der Waals surface area contributed by atoms with Gasteiger partial charge in [0.2, 0.25) is 5.91 Å². The maximum atomic E-state index is 12.6. The van der Waals surface area contributed by atoms with Gasteiger partial charge in [-0.15, -0.1) is 0 Å². The molecule has 122 valence electrons. The second-order valence-electron chi connectivity index (χ2n) is 5.67. The Kier molecular flexibility index (Phi) is 7.39. The van der Waals surface area contributed by atoms with Crippen molar-refractivity contribution >= 4 is 23.4 Å². The molecule has 0 heterocycles. The molecular weight excluding hydrogens is 300 g/mol. The van der Waals surface area contributed by atoms with Crippen molar-refractivity contribution < 1.29 is 9.59 Å². The molecule has 22 heavy (non-hydrogen) atoms. The summed E-state index contributed by atoms with van der Waals surface area (Å²) in [4.78, 5) is 26.6. The van der Waals surface area contributed by atoms with Crippen LogP contribution in [-0.2, 0) is 4.79 Å². The summed E-state index contributed by atoms with van der Waals surface area (Å²) in [5.74, 6) is 0.0406. The second-order valence-corrected chi connectivity index (χ2v) is 6.11. The lowest BCUT2D eigenvalue weighted by atomic mass is 10.0. The van der Waals surface area contributed by atoms with Crippen molar-refractivity contribution in [3.05, 3.63) is 34.9 Å². The molecule has 0 spiro atoms. The summed E-state index contributed by atoms with van der Waals surface area (Å²) in [7, 11) is 0. The average Bonchev–Trinajstić information content (AvgIpc) is 2.47. The van der Waals surface area contributed by atoms with Crippen molar-refractivity contribution in [2.75, 3.05) is 13.1 Å². The lowest BCUT2D eigenvalue weighted by Crippen LogP contribution is -2.49. The maximum Gasteiger partial charge on any atom is 0.251 e. The Morgan fingerprint density at radius 2 is 1.68 bits per heavy atom. The van der Waals surface area contributed by atoms with Gasteiger partial charge in [-0.3, -0.25) is 9.59 Å². The van der Waals surface area contributed by atoms with Crippen LogP contribution in [0.4, 0.5) is 0 Å². The first-order valence-electron chi connectivity index (χ1n) is 7.74. The Morgan fingerprint density at radius 3 is 2.14 bits per heavy atom. The molecule has 0 aliphatic heterocycles. The predicted molar refractivity (Wildman–Crippen MR) is 90.1 cm³/mol. The SMILES string of the molecule is CCN(CC)C(=O)[C@H](CC(C)C)NC(=O)c1ccc(Cl)cc1. The number of carbonyl (C=O) groups is 2. The van der Waals surface area contributed by atoms with Gasteiger partial charge in [0, 0.05) is 23.7 Å². The number of hydrogen-bond acceptors (Lipinski definition) is 2. The third kappa shape index (κ3) is 5.34. The lowest BCUT2D eigenvalue weighted by molar-refractivity contribution is -0.133. The van der Waals surface area contributed by atoms with E-state index >= 15 is 0 Å². The number of carbonyl (C=O) groups excluding carboxylic acids is 2. The minimum absolute atomic E-state index is 0.0268. The zero-order valence-electron chi connectivity index (χ0n) is 13.7. The Hall–Kier alpha value is -1.55. The van der Waals surface area contributed by atoms with Crippen LogP contribution in [0.15, 0.2) is 24.3 Å². The molecule has 0 radical (unpaired) electrons. The molecule has 1 atom stereocenters. The Bertz CT molecular complexity index is 496. The highest BCUT2D eigenvalue weighted by Gasteiger charge is 2.25. The number of benzene rings is 1. The predicted octanol–water partition coefficient (Wildman–Crippen LogP) is 3.35. The maximum absolute atomic E-state index is 12.6. The van der Waals surface area contributed by atoms with Gasteiger partial charge in [0.05, 0.1) is 0 Å². The van der Waals surface area contributed by atoms with Crippen LogP contribution in [0, 0.1) is 5.92 Å². The van der Waals surface area contributed by atoms with Crippen LogP contribution in [-0.4, -0.2) is 35.8 Å². The fourth-order valence-electron chi connectivity index (χ4n) is 2.29. The normalized spacial score (nSPS) is 12.1. The quantitative estimate of drug-likeness (QED) is 0.836. The Balaban J connectivity index is 2.86. The Morgan fingerprint density at radius 1 is 1.14 bits per heavy atom. The zero-order chi connectivity index (χ0) is 16.7. The Labute approximate surface area is 137 Å². The monoisotopic (exact) mass is 324 g/mol. The molecular formula is C17H25ClN2O2. The highest BCUT2D eigenvalue weighted by Crippen LogP contribution is 2.12. The van der Waals surface area contributed by atoms with Gasteiger partial charge in [0.15, 0.2) is 0 Å². The summed E-state index contributed by atoms with van der Waals surface area (Å²) in [6.07, 6.45) is 0.620. The van der Waals surface area contributed by atoms with Crippen molar-refractivity contribution in [2.24, 2.45) is 5.92 Å². The van der Waals surface area contributed by atoms with E-state index in [9.17, 15) is 9.59 Å². The molecule has 1 aromatic rings. The third-order valence-corrected chi connectivity index (χ3v) is 3.74. The van der Waals surface area contributed by atoms with Gasteiger partial charge < -0.3 is 10.2 Å². The van der Waals surface area contributed by atoms with Crippen molar-refractivity contribution in [3.8, 4) is 0 Å². The number of likely N-dealkylation sites (N-methyl/N-ethyl adjacent to an activating group) is 1. The van der Waals surface area contributed by atoms with Crippen LogP contribution in [0.2, 0.25) is 5.02 Å². The number of hydrogen-bond donors (Lipinski definition) is 1. The van der Waals surface area contributed by atoms with Gasteiger partial charge in [-0.25, -0.2) is 0 Å². The minimum atomic E-state index is -0.497. The number of nitrogens with one attached hydrogen (secondary N) is 1. The average molecular weight is 325 g/mol. The molecule has 0 saturated heterocycles. The molecule has 5 heteroatoms. The van der Waals surface area contributed by atoms with Crippen molar-refractivity contribution in [1.29, 1.82) is 0 Å². The molecule has 0 saturated carbocycles. The first-order chi connectivity index (χ1) is 10.4. The van der Waals surface area contributed by atoms with Crippen LogP contribution < -0.4 is 5.32 Å². The fourth-order valence-corrected chi connectivity index (χ4v) is 2.42. The van der Waals surface area contributed by atoms with Gasteiger partial charge in [-0.05, 0) is 50.5 Å². The smallest absolute Gasteiger partial charge is 0.251 e. The summed E-state index contributed by atoms with van der Waals surface area (Å²) in [6.45, 7) is 9.24. The van der Waals surface area contributed by atoms with Gasteiger partial charge in [-0.2, -0.15) is 0 Å². The van der Waals surface area contributed by atoms with E-state index in [0.717, 1.165) is 0 Å². The van der Waals surface area contributed by atoms with Crippen molar-refractivity contribution in [2.45, 2.75) is 40.2 Å². The molecule has 0 aliphatic carbocycles. The largest absolute Gasteiger partial charge is 0.341 e. The molecule has 1 rings (SSSR count). The van der Waals surface area contributed by atoms with Gasteiger partial charge >= 0.3 is 0 Å². The summed E-state index contributed by atoms with van der Waals surface area (Å²) < 4.78 is 0. The highest BCUT2D eigenvalue weighted by atomic mass is 35.5. The highest BCUT2D eigenvalue weighted by molar-refractivity contribution is 6.30. The molecule has 0 unspecified atom stereocenters. The molecule has 1 N–H and O–H groups in total. The first kappa shape index (κ1) is 18.5. The zero-order valence-corrected chi connectivity index (χ0v) is 14.5. The number of rotatable bonds is 7. The summed E-state index contributed by atoms with van der Waals surface area (Å²) in [5.41, 5.74) is 0.505. The standard InChI is InChI=1S/C17H25ClN2O2/c1-5-20(6-2)17(22)15(11-12(3)4)19-16(21)13-7-9-14(18)10-8-13/h7-10,12,15H,5-6,11H2,1-4H3,(H,19,21)/t15-/m0/s1. The minimum Gasteiger partial charge on any atom is -0.341 e. The van der Waals surface area contributed by atoms with Gasteiger partial charge in [0.25, 0.3) is 5.91 Å². The van der Waals surface area contributed by atoms with Gasteiger partial charge in [0.1, 0.15) is 6.04 Å². The van der Waals surface area contributed by atoms with E-state index in [1.165, 1.54) is 0 Å². The second kappa shape index (κ2) is 8.79. The van der Waals surface area contributed by atoms with Crippen molar-refractivity contribution in [1.82, 2.24) is 10.2 Å². The molecule has 0 bridgehead atoms. The molecule has 4 nitrogen and oxygen atoms in total. The van der Waals surface area contributed by atoms with Crippen LogP contribution in [0.25, 0.3) is 0 Å². The lowest BCUT2D eigenvalue weighted by Gasteiger charge is -2.27. The van der Waals surface area contributed by atoms with Crippen LogP contribution in [0.1, 0.15) is 44.5 Å². The fraction of sp³-hybridized carbons (Fsp3) is 0.529. The number of nitrogens with zero attached hydrogens (tertiary/aromatic N) is 1. The van der Waals surface area contributed by atoms with E-state index in [1.807, 2.05) is 27.7 Å². The summed E-state index contributed by atoms with van der Waals surface area (Å²) in [6, 6.07) is 6.15. The molecule has 0 aliphatic rings. The van der Waals surface area contributed by atoms with Crippen LogP contribution in [0.3, 0.4) is 0 Å². The molecule has 2 amide bonds. The van der Waals surface area contributed by atoms with E-state index in [0.29, 0.717) is 36.0 Å². The molecule has 1 aromatic carbocycles. The van der Waals surface area contributed by atoms with Gasteiger partial charge in [-0.1, -0.05) is 25.4 Å². The van der Waals surface area contributed by atoms with E-state index in [1.54, 1.807) is 29.2 Å². The van der Waals surface area contributed by atoms with E-state index in [4.69, 9.17) is 11.6 Å². The summed E-state index contributed by atoms with van der Waals surface area (Å²) >= 11 is 5.83. The number of halogens is 1. The number of amides is 2. The van der Waals surface area contributed by atoms with E-state index in [2.05, 4.69) is 5.32 Å². The first-order valence-corrected chi connectivity index (χ1v) is 8.12. The van der Waals surface area contributed by atoms with Crippen LogP contribution in [0.5, 0.6) is 0 Å².